The molecule has 92 valence electrons. The van der Waals surface area contributed by atoms with Crippen molar-refractivity contribution in [3.63, 3.8) is 0 Å². The topological polar surface area (TPSA) is 46.5 Å². The molecular formula is C12H20O3S. The molecule has 1 saturated carbocycles. The highest BCUT2D eigenvalue weighted by Gasteiger charge is 2.28. The normalized spacial score (nSPS) is 19.1. The van der Waals surface area contributed by atoms with Crippen molar-refractivity contribution in [2.24, 2.45) is 11.8 Å². The van der Waals surface area contributed by atoms with E-state index in [-0.39, 0.29) is 5.05 Å². The first-order valence-electron chi connectivity index (χ1n) is 6.04. The van der Waals surface area contributed by atoms with Gasteiger partial charge in [0.2, 0.25) is 0 Å². The lowest BCUT2D eigenvalue weighted by atomic mass is 9.83. The van der Waals surface area contributed by atoms with Crippen LogP contribution < -0.4 is 0 Å². The molecule has 0 aromatic carbocycles. The van der Waals surface area contributed by atoms with Crippen molar-refractivity contribution in [1.82, 2.24) is 0 Å². The van der Waals surface area contributed by atoms with E-state index in [1.165, 1.54) is 19.3 Å². The van der Waals surface area contributed by atoms with Crippen LogP contribution in [0.15, 0.2) is 0 Å². The second-order valence-electron chi connectivity index (χ2n) is 4.38. The minimum Gasteiger partial charge on any atom is -0.486 e. The van der Waals surface area contributed by atoms with Crippen LogP contribution in [0.4, 0.5) is 0 Å². The van der Waals surface area contributed by atoms with Gasteiger partial charge in [0.1, 0.15) is 5.92 Å². The van der Waals surface area contributed by atoms with Gasteiger partial charge in [-0.05, 0) is 31.5 Å². The van der Waals surface area contributed by atoms with Crippen molar-refractivity contribution in [3.05, 3.63) is 0 Å². The molecule has 1 rings (SSSR count). The third-order valence-electron chi connectivity index (χ3n) is 3.16. The minimum atomic E-state index is -0.843. The Bertz CT molecular complexity index is 247. The van der Waals surface area contributed by atoms with Gasteiger partial charge in [0.05, 0.1) is 6.61 Å². The average molecular weight is 244 g/mol. The molecule has 0 aromatic rings. The number of aliphatic carboxylic acids is 1. The SMILES string of the molecule is CCOC(=S)C(CC1CCCCC1)C(=O)O. The van der Waals surface area contributed by atoms with Crippen LogP contribution >= 0.6 is 12.2 Å². The Morgan fingerprint density at radius 2 is 2.06 bits per heavy atom. The van der Waals surface area contributed by atoms with Crippen LogP contribution in [0.3, 0.4) is 0 Å². The number of hydrogen-bond acceptors (Lipinski definition) is 3. The molecule has 0 spiro atoms. The predicted octanol–water partition coefficient (Wildman–Crippen LogP) is 3.02. The number of hydrogen-bond donors (Lipinski definition) is 1. The summed E-state index contributed by atoms with van der Waals surface area (Å²) in [6.45, 7) is 2.28. The van der Waals surface area contributed by atoms with Gasteiger partial charge >= 0.3 is 5.97 Å². The van der Waals surface area contributed by atoms with Crippen molar-refractivity contribution in [3.8, 4) is 0 Å². The van der Waals surface area contributed by atoms with Crippen LogP contribution in [0.5, 0.6) is 0 Å². The summed E-state index contributed by atoms with van der Waals surface area (Å²) in [6, 6.07) is 0. The van der Waals surface area contributed by atoms with Gasteiger partial charge in [-0.2, -0.15) is 0 Å². The molecule has 0 heterocycles. The van der Waals surface area contributed by atoms with Crippen molar-refractivity contribution in [2.45, 2.75) is 45.4 Å². The van der Waals surface area contributed by atoms with E-state index < -0.39 is 11.9 Å². The first-order chi connectivity index (χ1) is 7.65. The Kier molecular flexibility index (Phi) is 5.74. The first kappa shape index (κ1) is 13.4. The summed E-state index contributed by atoms with van der Waals surface area (Å²) >= 11 is 5.02. The monoisotopic (exact) mass is 244 g/mol. The third-order valence-corrected chi connectivity index (χ3v) is 3.57. The maximum atomic E-state index is 11.1. The molecule has 1 aliphatic rings. The van der Waals surface area contributed by atoms with Crippen LogP contribution in [0.2, 0.25) is 0 Å². The number of thiocarbonyl (C=S) groups is 1. The van der Waals surface area contributed by atoms with Gasteiger partial charge in [0.25, 0.3) is 0 Å². The van der Waals surface area contributed by atoms with Crippen molar-refractivity contribution < 1.29 is 14.6 Å². The van der Waals surface area contributed by atoms with Gasteiger partial charge < -0.3 is 9.84 Å². The number of carboxylic acid groups (broad SMARTS) is 1. The number of carboxylic acids is 1. The van der Waals surface area contributed by atoms with Crippen LogP contribution in [0, 0.1) is 11.8 Å². The highest BCUT2D eigenvalue weighted by molar-refractivity contribution is 7.80. The fraction of sp³-hybridized carbons (Fsp3) is 0.833. The molecule has 1 fully saturated rings. The van der Waals surface area contributed by atoms with Crippen molar-refractivity contribution in [1.29, 1.82) is 0 Å². The van der Waals surface area contributed by atoms with E-state index >= 15 is 0 Å². The van der Waals surface area contributed by atoms with E-state index in [1.807, 2.05) is 6.92 Å². The standard InChI is InChI=1S/C12H20O3S/c1-2-15-12(16)10(11(13)14)8-9-6-4-3-5-7-9/h9-10H,2-8H2,1H3,(H,13,14). The van der Waals surface area contributed by atoms with Crippen molar-refractivity contribution >= 4 is 23.2 Å². The fourth-order valence-corrected chi connectivity index (χ4v) is 2.61. The molecule has 3 nitrogen and oxygen atoms in total. The predicted molar refractivity (Wildman–Crippen MR) is 66.5 cm³/mol. The molecule has 1 atom stereocenters. The molecule has 16 heavy (non-hydrogen) atoms. The highest BCUT2D eigenvalue weighted by atomic mass is 32.1. The molecule has 4 heteroatoms. The molecule has 0 saturated heterocycles. The molecule has 0 bridgehead atoms. The van der Waals surface area contributed by atoms with Gasteiger partial charge in [0.15, 0.2) is 5.05 Å². The Hall–Kier alpha value is -0.640. The maximum Gasteiger partial charge on any atom is 0.315 e. The second-order valence-corrected chi connectivity index (χ2v) is 4.78. The first-order valence-corrected chi connectivity index (χ1v) is 6.45. The van der Waals surface area contributed by atoms with E-state index in [4.69, 9.17) is 22.1 Å². The van der Waals surface area contributed by atoms with Crippen LogP contribution in [-0.2, 0) is 9.53 Å². The molecule has 0 amide bonds. The lowest BCUT2D eigenvalue weighted by Gasteiger charge is -2.24. The summed E-state index contributed by atoms with van der Waals surface area (Å²) in [4.78, 5) is 11.1. The Labute approximate surface area is 102 Å². The molecule has 0 aliphatic heterocycles. The van der Waals surface area contributed by atoms with Crippen LogP contribution in [-0.4, -0.2) is 22.7 Å². The maximum absolute atomic E-state index is 11.1. The summed E-state index contributed by atoms with van der Waals surface area (Å²) < 4.78 is 5.16. The van der Waals surface area contributed by atoms with E-state index in [9.17, 15) is 4.79 Å². The molecular weight excluding hydrogens is 224 g/mol. The van der Waals surface area contributed by atoms with Gasteiger partial charge in [-0.3, -0.25) is 4.79 Å². The molecule has 0 aromatic heterocycles. The van der Waals surface area contributed by atoms with E-state index in [1.54, 1.807) is 0 Å². The quantitative estimate of drug-likeness (QED) is 0.755. The zero-order chi connectivity index (χ0) is 12.0. The Morgan fingerprint density at radius 1 is 1.44 bits per heavy atom. The van der Waals surface area contributed by atoms with E-state index in [0.29, 0.717) is 18.9 Å². The summed E-state index contributed by atoms with van der Waals surface area (Å²) in [5.41, 5.74) is 0. The van der Waals surface area contributed by atoms with E-state index in [2.05, 4.69) is 0 Å². The average Bonchev–Trinajstić information content (AvgIpc) is 2.27. The molecule has 1 unspecified atom stereocenters. The van der Waals surface area contributed by atoms with Gasteiger partial charge in [-0.1, -0.05) is 32.1 Å². The van der Waals surface area contributed by atoms with Gasteiger partial charge in [-0.15, -0.1) is 0 Å². The third kappa shape index (κ3) is 4.08. The summed E-state index contributed by atoms with van der Waals surface area (Å²) in [5, 5.41) is 9.38. The largest absolute Gasteiger partial charge is 0.486 e. The molecule has 1 N–H and O–H groups in total. The lowest BCUT2D eigenvalue weighted by Crippen LogP contribution is -2.27. The minimum absolute atomic E-state index is 0.251. The summed E-state index contributed by atoms with van der Waals surface area (Å²) in [5.74, 6) is -0.935. The second kappa shape index (κ2) is 6.84. The highest BCUT2D eigenvalue weighted by Crippen LogP contribution is 2.29. The smallest absolute Gasteiger partial charge is 0.315 e. The molecule has 1 aliphatic carbocycles. The lowest BCUT2D eigenvalue weighted by molar-refractivity contribution is -0.140. The van der Waals surface area contributed by atoms with E-state index in [0.717, 1.165) is 12.8 Å². The van der Waals surface area contributed by atoms with Crippen LogP contribution in [0.25, 0.3) is 0 Å². The number of carbonyl (C=O) groups is 1. The zero-order valence-corrected chi connectivity index (χ0v) is 10.6. The summed E-state index contributed by atoms with van der Waals surface area (Å²) in [7, 11) is 0. The number of rotatable bonds is 5. The fourth-order valence-electron chi connectivity index (χ4n) is 2.30. The summed E-state index contributed by atoms with van der Waals surface area (Å²) in [6.07, 6.45) is 6.64. The van der Waals surface area contributed by atoms with Crippen LogP contribution in [0.1, 0.15) is 45.4 Å². The Balaban J connectivity index is 2.49. The van der Waals surface area contributed by atoms with Crippen molar-refractivity contribution in [2.75, 3.05) is 6.61 Å². The zero-order valence-electron chi connectivity index (χ0n) is 9.78. The molecule has 0 radical (unpaired) electrons. The van der Waals surface area contributed by atoms with Gasteiger partial charge in [0, 0.05) is 0 Å². The Morgan fingerprint density at radius 3 is 2.56 bits per heavy atom. The van der Waals surface area contributed by atoms with Gasteiger partial charge in [-0.25, -0.2) is 0 Å². The number of ether oxygens (including phenoxy) is 1.